The average Bonchev–Trinajstić information content (AvgIpc) is 3.17. The Morgan fingerprint density at radius 1 is 1.25 bits per heavy atom. The average molecular weight is 328 g/mol. The summed E-state index contributed by atoms with van der Waals surface area (Å²) in [6.07, 6.45) is 4.94. The number of hydrogen-bond acceptors (Lipinski definition) is 4. The summed E-state index contributed by atoms with van der Waals surface area (Å²) in [6, 6.07) is 3.90. The van der Waals surface area contributed by atoms with Crippen molar-refractivity contribution in [2.24, 2.45) is 17.3 Å². The molecule has 2 aliphatic rings. The maximum absolute atomic E-state index is 13.0. The van der Waals surface area contributed by atoms with Gasteiger partial charge in [-0.25, -0.2) is 0 Å². The Balaban J connectivity index is 1.64. The molecule has 130 valence electrons. The molecule has 2 fully saturated rings. The molecule has 1 aromatic rings. The molecule has 0 N–H and O–H groups in total. The summed E-state index contributed by atoms with van der Waals surface area (Å²) in [4.78, 5) is 17.3. The number of amides is 1. The fourth-order valence-corrected chi connectivity index (χ4v) is 3.85. The van der Waals surface area contributed by atoms with Crippen molar-refractivity contribution in [2.45, 2.75) is 34.1 Å². The van der Waals surface area contributed by atoms with Crippen molar-refractivity contribution < 1.29 is 4.79 Å². The third-order valence-corrected chi connectivity index (χ3v) is 5.38. The first-order valence-electron chi connectivity index (χ1n) is 8.87. The Morgan fingerprint density at radius 2 is 2.04 bits per heavy atom. The molecule has 3 rings (SSSR count). The maximum atomic E-state index is 13.0. The minimum Gasteiger partial charge on any atom is -0.353 e. The molecule has 2 atom stereocenters. The molecule has 0 unspecified atom stereocenters. The van der Waals surface area contributed by atoms with Gasteiger partial charge in [0.15, 0.2) is 5.82 Å². The lowest BCUT2D eigenvalue weighted by molar-refractivity contribution is -0.133. The Labute approximate surface area is 144 Å². The Hall–Kier alpha value is -1.91. The van der Waals surface area contributed by atoms with Crippen molar-refractivity contribution in [2.75, 3.05) is 31.1 Å². The van der Waals surface area contributed by atoms with Crippen LogP contribution < -0.4 is 4.90 Å². The van der Waals surface area contributed by atoms with Gasteiger partial charge in [-0.2, -0.15) is 5.10 Å². The zero-order valence-electron chi connectivity index (χ0n) is 15.2. The van der Waals surface area contributed by atoms with Gasteiger partial charge in [0.2, 0.25) is 5.91 Å². The van der Waals surface area contributed by atoms with Crippen molar-refractivity contribution in [3.63, 3.8) is 0 Å². The van der Waals surface area contributed by atoms with Crippen LogP contribution in [0, 0.1) is 17.3 Å². The van der Waals surface area contributed by atoms with Gasteiger partial charge in [0.1, 0.15) is 0 Å². The van der Waals surface area contributed by atoms with E-state index in [4.69, 9.17) is 0 Å². The normalized spacial score (nSPS) is 25.8. The van der Waals surface area contributed by atoms with E-state index in [1.165, 1.54) is 5.57 Å². The first-order chi connectivity index (χ1) is 11.4. The Bertz CT molecular complexity index is 622. The monoisotopic (exact) mass is 328 g/mol. The maximum Gasteiger partial charge on any atom is 0.226 e. The second-order valence-electron chi connectivity index (χ2n) is 7.82. The van der Waals surface area contributed by atoms with Crippen molar-refractivity contribution in [3.05, 3.63) is 30.0 Å². The minimum atomic E-state index is 0.0885. The van der Waals surface area contributed by atoms with Gasteiger partial charge in [-0.1, -0.05) is 25.5 Å². The molecule has 1 aromatic heterocycles. The number of hydrogen-bond donors (Lipinski definition) is 0. The molecule has 1 amide bonds. The van der Waals surface area contributed by atoms with Crippen LogP contribution in [-0.4, -0.2) is 47.2 Å². The van der Waals surface area contributed by atoms with Crippen LogP contribution in [0.25, 0.3) is 0 Å². The number of carbonyl (C=O) groups is 1. The SMILES string of the molecule is CC(C)=C[C@H]1[C@H](C(=O)N2CCCN(c3cccnn3)CC2)C1(C)C. The molecule has 1 saturated carbocycles. The topological polar surface area (TPSA) is 49.3 Å². The zero-order chi connectivity index (χ0) is 17.3. The molecule has 1 aliphatic carbocycles. The number of anilines is 1. The van der Waals surface area contributed by atoms with E-state index < -0.39 is 0 Å². The fourth-order valence-electron chi connectivity index (χ4n) is 3.85. The molecular formula is C19H28N4O. The number of rotatable bonds is 3. The van der Waals surface area contributed by atoms with Crippen LogP contribution in [0.15, 0.2) is 30.0 Å². The molecular weight excluding hydrogens is 300 g/mol. The van der Waals surface area contributed by atoms with E-state index in [1.54, 1.807) is 6.20 Å². The molecule has 1 aliphatic heterocycles. The highest BCUT2D eigenvalue weighted by molar-refractivity contribution is 5.84. The highest BCUT2D eigenvalue weighted by Gasteiger charge is 2.61. The van der Waals surface area contributed by atoms with E-state index in [9.17, 15) is 4.79 Å². The second-order valence-corrected chi connectivity index (χ2v) is 7.82. The van der Waals surface area contributed by atoms with Gasteiger partial charge in [-0.3, -0.25) is 4.79 Å². The van der Waals surface area contributed by atoms with Crippen LogP contribution in [-0.2, 0) is 4.79 Å². The molecule has 5 nitrogen and oxygen atoms in total. The Morgan fingerprint density at radius 3 is 2.71 bits per heavy atom. The van der Waals surface area contributed by atoms with Crippen LogP contribution in [0.5, 0.6) is 0 Å². The number of allylic oxidation sites excluding steroid dienone is 2. The van der Waals surface area contributed by atoms with Crippen LogP contribution in [0.1, 0.15) is 34.1 Å². The summed E-state index contributed by atoms with van der Waals surface area (Å²) < 4.78 is 0. The highest BCUT2D eigenvalue weighted by atomic mass is 16.2. The van der Waals surface area contributed by atoms with E-state index in [0.29, 0.717) is 11.8 Å². The van der Waals surface area contributed by atoms with Gasteiger partial charge in [-0.05, 0) is 43.7 Å². The van der Waals surface area contributed by atoms with E-state index in [2.05, 4.69) is 53.8 Å². The largest absolute Gasteiger partial charge is 0.353 e. The van der Waals surface area contributed by atoms with E-state index in [0.717, 1.165) is 38.4 Å². The number of aromatic nitrogens is 2. The molecule has 0 aromatic carbocycles. The summed E-state index contributed by atoms with van der Waals surface area (Å²) in [7, 11) is 0. The lowest BCUT2D eigenvalue weighted by Gasteiger charge is -2.23. The smallest absolute Gasteiger partial charge is 0.226 e. The summed E-state index contributed by atoms with van der Waals surface area (Å²) in [5.74, 6) is 1.74. The van der Waals surface area contributed by atoms with Crippen molar-refractivity contribution in [3.8, 4) is 0 Å². The predicted octanol–water partition coefficient (Wildman–Crippen LogP) is 2.75. The lowest BCUT2D eigenvalue weighted by Crippen LogP contribution is -2.37. The van der Waals surface area contributed by atoms with E-state index in [1.807, 2.05) is 12.1 Å². The van der Waals surface area contributed by atoms with Gasteiger partial charge >= 0.3 is 0 Å². The summed E-state index contributed by atoms with van der Waals surface area (Å²) in [5.41, 5.74) is 1.39. The highest BCUT2D eigenvalue weighted by Crippen LogP contribution is 2.60. The summed E-state index contributed by atoms with van der Waals surface area (Å²) >= 11 is 0. The number of nitrogens with zero attached hydrogens (tertiary/aromatic N) is 4. The third-order valence-electron chi connectivity index (χ3n) is 5.38. The van der Waals surface area contributed by atoms with Gasteiger partial charge in [0, 0.05) is 32.4 Å². The summed E-state index contributed by atoms with van der Waals surface area (Å²) in [5, 5.41) is 8.15. The first kappa shape index (κ1) is 16.9. The van der Waals surface area contributed by atoms with E-state index >= 15 is 0 Å². The van der Waals surface area contributed by atoms with Gasteiger partial charge < -0.3 is 9.80 Å². The van der Waals surface area contributed by atoms with Gasteiger partial charge in [0.05, 0.1) is 5.92 Å². The lowest BCUT2D eigenvalue weighted by atomic mass is 10.1. The Kier molecular flexibility index (Phi) is 4.61. The van der Waals surface area contributed by atoms with E-state index in [-0.39, 0.29) is 11.3 Å². The van der Waals surface area contributed by atoms with Crippen LogP contribution in [0.3, 0.4) is 0 Å². The van der Waals surface area contributed by atoms with Crippen LogP contribution in [0.2, 0.25) is 0 Å². The van der Waals surface area contributed by atoms with Crippen LogP contribution in [0.4, 0.5) is 5.82 Å². The molecule has 2 heterocycles. The quantitative estimate of drug-likeness (QED) is 0.801. The van der Waals surface area contributed by atoms with Crippen LogP contribution >= 0.6 is 0 Å². The standard InChI is InChI=1S/C19H28N4O/c1-14(2)13-15-17(19(15,3)4)18(24)23-10-6-9-22(11-12-23)16-7-5-8-20-21-16/h5,7-8,13,15,17H,6,9-12H2,1-4H3/t15-,17+/m0/s1. The molecule has 0 radical (unpaired) electrons. The minimum absolute atomic E-state index is 0.0885. The second kappa shape index (κ2) is 6.54. The molecule has 24 heavy (non-hydrogen) atoms. The third kappa shape index (κ3) is 3.30. The number of carbonyl (C=O) groups excluding carboxylic acids is 1. The first-order valence-corrected chi connectivity index (χ1v) is 8.87. The summed E-state index contributed by atoms with van der Waals surface area (Å²) in [6.45, 7) is 12.0. The van der Waals surface area contributed by atoms with Crippen molar-refractivity contribution in [1.29, 1.82) is 0 Å². The fraction of sp³-hybridized carbons (Fsp3) is 0.632. The molecule has 0 bridgehead atoms. The molecule has 1 saturated heterocycles. The molecule has 5 heteroatoms. The molecule has 0 spiro atoms. The van der Waals surface area contributed by atoms with Crippen molar-refractivity contribution in [1.82, 2.24) is 15.1 Å². The van der Waals surface area contributed by atoms with Crippen molar-refractivity contribution >= 4 is 11.7 Å². The predicted molar refractivity (Wildman–Crippen MR) is 95.6 cm³/mol. The van der Waals surface area contributed by atoms with Gasteiger partial charge in [0.25, 0.3) is 0 Å². The zero-order valence-corrected chi connectivity index (χ0v) is 15.2. The van der Waals surface area contributed by atoms with Gasteiger partial charge in [-0.15, -0.1) is 5.10 Å².